The summed E-state index contributed by atoms with van der Waals surface area (Å²) in [6.45, 7) is 0. The first-order chi connectivity index (χ1) is 9.66. The number of fused-ring (bicyclic) bond motifs is 1. The average molecular weight is 291 g/mol. The molecule has 0 saturated carbocycles. The Morgan fingerprint density at radius 1 is 1.45 bits per heavy atom. The number of carboxylic acids is 1. The maximum Gasteiger partial charge on any atom is 0.303 e. The number of carbonyl (C=O) groups is 1. The van der Waals surface area contributed by atoms with E-state index in [1.165, 1.54) is 0 Å². The van der Waals surface area contributed by atoms with E-state index in [9.17, 15) is 4.79 Å². The molecular formula is C15H15ClN2O2. The lowest BCUT2D eigenvalue weighted by Crippen LogP contribution is -2.15. The number of hydrogen-bond donors (Lipinski definition) is 1. The third-order valence-electron chi connectivity index (χ3n) is 3.81. The number of halogens is 1. The number of para-hydroxylation sites is 1. The van der Waals surface area contributed by atoms with Crippen molar-refractivity contribution in [3.63, 3.8) is 0 Å². The van der Waals surface area contributed by atoms with Gasteiger partial charge in [-0.05, 0) is 42.9 Å². The number of rotatable bonds is 3. The van der Waals surface area contributed by atoms with Crippen LogP contribution in [0.5, 0.6) is 0 Å². The van der Waals surface area contributed by atoms with Crippen LogP contribution in [-0.2, 0) is 11.2 Å². The maximum absolute atomic E-state index is 11.0. The molecule has 3 rings (SSSR count). The molecule has 1 aliphatic rings. The smallest absolute Gasteiger partial charge is 0.303 e. The van der Waals surface area contributed by atoms with Gasteiger partial charge in [-0.2, -0.15) is 5.10 Å². The van der Waals surface area contributed by atoms with E-state index in [1.807, 2.05) is 28.9 Å². The van der Waals surface area contributed by atoms with Crippen LogP contribution >= 0.6 is 11.6 Å². The van der Waals surface area contributed by atoms with E-state index in [0.29, 0.717) is 5.02 Å². The van der Waals surface area contributed by atoms with Gasteiger partial charge in [-0.1, -0.05) is 23.7 Å². The highest BCUT2D eigenvalue weighted by atomic mass is 35.5. The molecule has 1 atom stereocenters. The van der Waals surface area contributed by atoms with Crippen molar-refractivity contribution in [1.29, 1.82) is 0 Å². The van der Waals surface area contributed by atoms with Crippen LogP contribution in [0.2, 0.25) is 5.02 Å². The normalized spacial score (nSPS) is 17.8. The zero-order valence-electron chi connectivity index (χ0n) is 10.9. The summed E-state index contributed by atoms with van der Waals surface area (Å²) >= 11 is 6.22. The summed E-state index contributed by atoms with van der Waals surface area (Å²) in [5.74, 6) is -0.694. The van der Waals surface area contributed by atoms with Gasteiger partial charge in [0.1, 0.15) is 0 Å². The Balaban J connectivity index is 2.03. The molecule has 20 heavy (non-hydrogen) atoms. The van der Waals surface area contributed by atoms with Gasteiger partial charge in [0, 0.05) is 5.69 Å². The van der Waals surface area contributed by atoms with Gasteiger partial charge >= 0.3 is 5.97 Å². The van der Waals surface area contributed by atoms with E-state index >= 15 is 0 Å². The molecule has 0 fully saturated rings. The quantitative estimate of drug-likeness (QED) is 0.942. The predicted molar refractivity (Wildman–Crippen MR) is 76.5 cm³/mol. The number of nitrogens with zero attached hydrogens (tertiary/aromatic N) is 2. The fourth-order valence-electron chi connectivity index (χ4n) is 2.90. The molecule has 1 aromatic heterocycles. The summed E-state index contributed by atoms with van der Waals surface area (Å²) in [6.07, 6.45) is 4.78. The van der Waals surface area contributed by atoms with Crippen LogP contribution in [0, 0.1) is 0 Å². The first-order valence-electron chi connectivity index (χ1n) is 6.70. The second kappa shape index (κ2) is 5.29. The highest BCUT2D eigenvalue weighted by molar-refractivity contribution is 6.32. The van der Waals surface area contributed by atoms with Gasteiger partial charge < -0.3 is 5.11 Å². The van der Waals surface area contributed by atoms with Gasteiger partial charge in [-0.15, -0.1) is 0 Å². The largest absolute Gasteiger partial charge is 0.481 e. The molecule has 0 aliphatic heterocycles. The Morgan fingerprint density at radius 3 is 3.00 bits per heavy atom. The van der Waals surface area contributed by atoms with Gasteiger partial charge in [0.25, 0.3) is 0 Å². The van der Waals surface area contributed by atoms with E-state index < -0.39 is 5.97 Å². The van der Waals surface area contributed by atoms with Crippen LogP contribution in [0.3, 0.4) is 0 Å². The van der Waals surface area contributed by atoms with Crippen LogP contribution in [-0.4, -0.2) is 20.9 Å². The number of benzene rings is 1. The molecule has 1 aliphatic carbocycles. The van der Waals surface area contributed by atoms with Crippen molar-refractivity contribution < 1.29 is 9.90 Å². The first-order valence-corrected chi connectivity index (χ1v) is 7.08. The third kappa shape index (κ3) is 2.31. The summed E-state index contributed by atoms with van der Waals surface area (Å²) in [4.78, 5) is 11.0. The van der Waals surface area contributed by atoms with Gasteiger partial charge in [-0.25, -0.2) is 4.68 Å². The van der Waals surface area contributed by atoms with Crippen molar-refractivity contribution in [2.75, 3.05) is 0 Å². The van der Waals surface area contributed by atoms with Crippen molar-refractivity contribution >= 4 is 17.6 Å². The molecule has 4 nitrogen and oxygen atoms in total. The second-order valence-electron chi connectivity index (χ2n) is 5.10. The van der Waals surface area contributed by atoms with Crippen LogP contribution in [0.1, 0.15) is 36.4 Å². The minimum Gasteiger partial charge on any atom is -0.481 e. The standard InChI is InChI=1S/C15H15ClN2O2/c16-12-5-1-2-6-14(12)18-13-7-3-4-10(8-15(19)20)11(13)9-17-18/h1-2,5-6,9-10H,3-4,7-8H2,(H,19,20). The van der Waals surface area contributed by atoms with Crippen molar-refractivity contribution in [1.82, 2.24) is 9.78 Å². The lowest BCUT2D eigenvalue weighted by molar-refractivity contribution is -0.137. The fourth-order valence-corrected chi connectivity index (χ4v) is 3.12. The molecular weight excluding hydrogens is 276 g/mol. The molecule has 0 radical (unpaired) electrons. The second-order valence-corrected chi connectivity index (χ2v) is 5.50. The molecule has 1 N–H and O–H groups in total. The summed E-state index contributed by atoms with van der Waals surface area (Å²) in [7, 11) is 0. The summed E-state index contributed by atoms with van der Waals surface area (Å²) in [5, 5.41) is 14.1. The van der Waals surface area contributed by atoms with Crippen LogP contribution < -0.4 is 0 Å². The van der Waals surface area contributed by atoms with Crippen molar-refractivity contribution in [2.45, 2.75) is 31.6 Å². The van der Waals surface area contributed by atoms with Crippen molar-refractivity contribution in [3.05, 3.63) is 46.7 Å². The summed E-state index contributed by atoms with van der Waals surface area (Å²) in [5.41, 5.74) is 3.00. The molecule has 0 bridgehead atoms. The lowest BCUT2D eigenvalue weighted by Gasteiger charge is -2.22. The third-order valence-corrected chi connectivity index (χ3v) is 4.13. The minimum absolute atomic E-state index is 0.0625. The van der Waals surface area contributed by atoms with Crippen LogP contribution in [0.4, 0.5) is 0 Å². The Labute approximate surface area is 122 Å². The molecule has 104 valence electrons. The summed E-state index contributed by atoms with van der Waals surface area (Å²) in [6, 6.07) is 7.57. The van der Waals surface area contributed by atoms with E-state index in [-0.39, 0.29) is 12.3 Å². The summed E-state index contributed by atoms with van der Waals surface area (Å²) < 4.78 is 1.85. The highest BCUT2D eigenvalue weighted by Crippen LogP contribution is 2.35. The Kier molecular flexibility index (Phi) is 3.49. The van der Waals surface area contributed by atoms with Gasteiger partial charge in [0.05, 0.1) is 23.3 Å². The number of aromatic nitrogens is 2. The van der Waals surface area contributed by atoms with Crippen LogP contribution in [0.25, 0.3) is 5.69 Å². The van der Waals surface area contributed by atoms with Gasteiger partial charge in [0.2, 0.25) is 0 Å². The SMILES string of the molecule is O=C(O)CC1CCCc2c1cnn2-c1ccccc1Cl. The van der Waals surface area contributed by atoms with Gasteiger partial charge in [-0.3, -0.25) is 4.79 Å². The molecule has 2 aromatic rings. The van der Waals surface area contributed by atoms with Crippen molar-refractivity contribution in [2.24, 2.45) is 0 Å². The zero-order chi connectivity index (χ0) is 14.1. The number of carboxylic acid groups (broad SMARTS) is 1. The lowest BCUT2D eigenvalue weighted by atomic mass is 9.85. The molecule has 1 heterocycles. The minimum atomic E-state index is -0.756. The highest BCUT2D eigenvalue weighted by Gasteiger charge is 2.26. The molecule has 1 unspecified atom stereocenters. The van der Waals surface area contributed by atoms with E-state index in [2.05, 4.69) is 5.10 Å². The average Bonchev–Trinajstić information content (AvgIpc) is 2.84. The van der Waals surface area contributed by atoms with E-state index in [1.54, 1.807) is 6.20 Å². The predicted octanol–water partition coefficient (Wildman–Crippen LogP) is 3.42. The monoisotopic (exact) mass is 290 g/mol. The van der Waals surface area contributed by atoms with Gasteiger partial charge in [0.15, 0.2) is 0 Å². The topological polar surface area (TPSA) is 55.1 Å². The van der Waals surface area contributed by atoms with E-state index in [0.717, 1.165) is 36.2 Å². The molecule has 0 saturated heterocycles. The molecule has 0 spiro atoms. The fraction of sp³-hybridized carbons (Fsp3) is 0.333. The Hall–Kier alpha value is -1.81. The van der Waals surface area contributed by atoms with Crippen LogP contribution in [0.15, 0.2) is 30.5 Å². The molecule has 1 aromatic carbocycles. The molecule has 5 heteroatoms. The van der Waals surface area contributed by atoms with Crippen molar-refractivity contribution in [3.8, 4) is 5.69 Å². The number of hydrogen-bond acceptors (Lipinski definition) is 2. The number of aliphatic carboxylic acids is 1. The Morgan fingerprint density at radius 2 is 2.25 bits per heavy atom. The molecule has 0 amide bonds. The maximum atomic E-state index is 11.0. The zero-order valence-corrected chi connectivity index (χ0v) is 11.7. The first kappa shape index (κ1) is 13.2. The Bertz CT molecular complexity index is 651. The van der Waals surface area contributed by atoms with E-state index in [4.69, 9.17) is 16.7 Å².